The van der Waals surface area contributed by atoms with Crippen LogP contribution in [0.2, 0.25) is 5.02 Å². The Kier molecular flexibility index (Phi) is 5.47. The van der Waals surface area contributed by atoms with Crippen LogP contribution in [0.5, 0.6) is 0 Å². The van der Waals surface area contributed by atoms with E-state index in [2.05, 4.69) is 9.55 Å². The summed E-state index contributed by atoms with van der Waals surface area (Å²) < 4.78 is 2.05. The smallest absolute Gasteiger partial charge is 0.256 e. The van der Waals surface area contributed by atoms with Crippen molar-refractivity contribution in [3.63, 3.8) is 0 Å². The molecule has 2 amide bonds. The molecular weight excluding hydrogens is 424 g/mol. The second kappa shape index (κ2) is 8.43. The van der Waals surface area contributed by atoms with Crippen molar-refractivity contribution in [2.75, 3.05) is 13.1 Å². The average Bonchev–Trinajstić information content (AvgIpc) is 3.51. The maximum absolute atomic E-state index is 13.5. The Bertz CT molecular complexity index is 1130. The van der Waals surface area contributed by atoms with E-state index in [1.165, 1.54) is 0 Å². The van der Waals surface area contributed by atoms with Gasteiger partial charge in [0.1, 0.15) is 0 Å². The van der Waals surface area contributed by atoms with Crippen molar-refractivity contribution >= 4 is 23.4 Å². The van der Waals surface area contributed by atoms with E-state index in [0.717, 1.165) is 36.9 Å². The fourth-order valence-corrected chi connectivity index (χ4v) is 5.21. The molecule has 1 fully saturated rings. The number of carbonyl (C=O) groups is 2. The van der Waals surface area contributed by atoms with Crippen LogP contribution in [0.3, 0.4) is 0 Å². The normalized spacial score (nSPS) is 19.3. The van der Waals surface area contributed by atoms with E-state index in [-0.39, 0.29) is 11.8 Å². The molecule has 2 aliphatic heterocycles. The quantitative estimate of drug-likeness (QED) is 0.506. The zero-order chi connectivity index (χ0) is 22.1. The van der Waals surface area contributed by atoms with Gasteiger partial charge in [0, 0.05) is 60.2 Å². The molecule has 5 rings (SSSR count). The number of aryl methyl sites for hydroxylation is 1. The molecule has 1 unspecified atom stereocenters. The third-order valence-electron chi connectivity index (χ3n) is 6.52. The Labute approximate surface area is 192 Å². The lowest BCUT2D eigenvalue weighted by Gasteiger charge is -2.40. The van der Waals surface area contributed by atoms with Gasteiger partial charge in [-0.15, -0.1) is 0 Å². The van der Waals surface area contributed by atoms with Crippen LogP contribution >= 0.6 is 11.6 Å². The van der Waals surface area contributed by atoms with Crippen molar-refractivity contribution in [2.24, 2.45) is 0 Å². The number of carbonyl (C=O) groups excluding carboxylic acids is 2. The molecule has 32 heavy (non-hydrogen) atoms. The molecule has 2 aliphatic rings. The fourth-order valence-electron chi connectivity index (χ4n) is 5.08. The molecule has 3 heterocycles. The predicted octanol–water partition coefficient (Wildman–Crippen LogP) is 4.30. The van der Waals surface area contributed by atoms with Gasteiger partial charge in [-0.2, -0.15) is 0 Å². The van der Waals surface area contributed by atoms with Gasteiger partial charge in [-0.1, -0.05) is 48.4 Å². The van der Waals surface area contributed by atoms with Gasteiger partial charge in [-0.05, 0) is 31.0 Å². The third kappa shape index (κ3) is 3.30. The first-order valence-electron chi connectivity index (χ1n) is 11.1. The van der Waals surface area contributed by atoms with E-state index in [4.69, 9.17) is 11.6 Å². The number of nitrogens with zero attached hydrogens (tertiary/aromatic N) is 4. The van der Waals surface area contributed by atoms with Crippen LogP contribution < -0.4 is 0 Å². The molecule has 0 N–H and O–H groups in total. The molecule has 164 valence electrons. The Balaban J connectivity index is 1.40. The van der Waals surface area contributed by atoms with Gasteiger partial charge in [0.2, 0.25) is 5.91 Å². The van der Waals surface area contributed by atoms with Crippen LogP contribution in [0.1, 0.15) is 47.2 Å². The van der Waals surface area contributed by atoms with E-state index >= 15 is 0 Å². The zero-order valence-corrected chi connectivity index (χ0v) is 18.5. The zero-order valence-electron chi connectivity index (χ0n) is 17.8. The Morgan fingerprint density at radius 1 is 1.03 bits per heavy atom. The van der Waals surface area contributed by atoms with Crippen molar-refractivity contribution in [1.29, 1.82) is 0 Å². The standard InChI is InChI=1S/C25H25ClN4O2/c26-20-11-9-19(10-12-20)25-22-7-4-3-6-21(22)24(32)30(25)17-16-29(25)23(31)8-2-1-5-14-28-15-13-27-18-28/h3-4,6-7,9-13,15,18H,1-2,5,8,14,16-17H2. The molecule has 3 aromatic rings. The van der Waals surface area contributed by atoms with Crippen molar-refractivity contribution in [2.45, 2.75) is 37.9 Å². The van der Waals surface area contributed by atoms with E-state index in [1.807, 2.05) is 70.9 Å². The Morgan fingerprint density at radius 2 is 1.84 bits per heavy atom. The van der Waals surface area contributed by atoms with Gasteiger partial charge < -0.3 is 14.4 Å². The highest BCUT2D eigenvalue weighted by molar-refractivity contribution is 6.30. The summed E-state index contributed by atoms with van der Waals surface area (Å²) in [5.41, 5.74) is 1.54. The van der Waals surface area contributed by atoms with Crippen LogP contribution in [0.25, 0.3) is 0 Å². The van der Waals surface area contributed by atoms with Crippen LogP contribution in [-0.4, -0.2) is 44.3 Å². The monoisotopic (exact) mass is 448 g/mol. The molecule has 7 heteroatoms. The largest absolute Gasteiger partial charge is 0.337 e. The van der Waals surface area contributed by atoms with E-state index in [1.54, 1.807) is 6.20 Å². The molecule has 1 atom stereocenters. The Hall–Kier alpha value is -3.12. The highest BCUT2D eigenvalue weighted by atomic mass is 35.5. The number of amides is 2. The number of fused-ring (bicyclic) bond motifs is 3. The highest BCUT2D eigenvalue weighted by Gasteiger charge is 2.59. The lowest BCUT2D eigenvalue weighted by molar-refractivity contribution is -0.136. The molecular formula is C25H25ClN4O2. The molecule has 2 aromatic carbocycles. The minimum absolute atomic E-state index is 0.0221. The van der Waals surface area contributed by atoms with E-state index in [9.17, 15) is 9.59 Å². The minimum atomic E-state index is -0.897. The molecule has 0 bridgehead atoms. The number of halogens is 1. The number of benzene rings is 2. The number of hydrogen-bond donors (Lipinski definition) is 0. The molecule has 1 aromatic heterocycles. The van der Waals surface area contributed by atoms with Gasteiger partial charge in [-0.25, -0.2) is 4.98 Å². The lowest BCUT2D eigenvalue weighted by Crippen LogP contribution is -2.51. The topological polar surface area (TPSA) is 58.4 Å². The highest BCUT2D eigenvalue weighted by Crippen LogP contribution is 2.49. The summed E-state index contributed by atoms with van der Waals surface area (Å²) in [6.45, 7) is 1.95. The number of aromatic nitrogens is 2. The number of unbranched alkanes of at least 4 members (excludes halogenated alkanes) is 2. The van der Waals surface area contributed by atoms with Gasteiger partial charge in [0.15, 0.2) is 5.66 Å². The summed E-state index contributed by atoms with van der Waals surface area (Å²) in [5.74, 6) is 0.0563. The number of imidazole rings is 1. The van der Waals surface area contributed by atoms with Crippen LogP contribution in [0, 0.1) is 0 Å². The van der Waals surface area contributed by atoms with Crippen molar-refractivity contribution in [1.82, 2.24) is 19.4 Å². The summed E-state index contributed by atoms with van der Waals surface area (Å²) in [6.07, 6.45) is 8.78. The van der Waals surface area contributed by atoms with Gasteiger partial charge in [0.05, 0.1) is 6.33 Å². The minimum Gasteiger partial charge on any atom is -0.337 e. The van der Waals surface area contributed by atoms with Crippen molar-refractivity contribution < 1.29 is 9.59 Å². The molecule has 0 saturated carbocycles. The van der Waals surface area contributed by atoms with Crippen LogP contribution in [-0.2, 0) is 17.0 Å². The van der Waals surface area contributed by atoms with Crippen molar-refractivity contribution in [3.05, 3.63) is 89.0 Å². The summed E-state index contributed by atoms with van der Waals surface area (Å²) in [7, 11) is 0. The van der Waals surface area contributed by atoms with Gasteiger partial charge in [-0.3, -0.25) is 9.59 Å². The molecule has 1 saturated heterocycles. The van der Waals surface area contributed by atoms with Crippen LogP contribution in [0.15, 0.2) is 67.3 Å². The maximum atomic E-state index is 13.5. The van der Waals surface area contributed by atoms with Gasteiger partial charge in [0.25, 0.3) is 5.91 Å². The molecule has 6 nitrogen and oxygen atoms in total. The second-order valence-corrected chi connectivity index (χ2v) is 8.77. The SMILES string of the molecule is O=C(CCCCCn1ccnc1)N1CCN2C(=O)c3ccccc3C12c1ccc(Cl)cc1. The lowest BCUT2D eigenvalue weighted by atomic mass is 9.89. The van der Waals surface area contributed by atoms with E-state index < -0.39 is 5.66 Å². The first-order valence-corrected chi connectivity index (χ1v) is 11.4. The Morgan fingerprint density at radius 3 is 2.62 bits per heavy atom. The summed E-state index contributed by atoms with van der Waals surface area (Å²) in [6, 6.07) is 15.2. The summed E-state index contributed by atoms with van der Waals surface area (Å²) >= 11 is 6.16. The summed E-state index contributed by atoms with van der Waals surface area (Å²) in [4.78, 5) is 34.6. The third-order valence-corrected chi connectivity index (χ3v) is 6.77. The van der Waals surface area contributed by atoms with Gasteiger partial charge >= 0.3 is 0 Å². The molecule has 0 radical (unpaired) electrons. The fraction of sp³-hybridized carbons (Fsp3) is 0.320. The molecule has 0 aliphatic carbocycles. The maximum Gasteiger partial charge on any atom is 0.256 e. The first kappa shape index (κ1) is 20.8. The average molecular weight is 449 g/mol. The van der Waals surface area contributed by atoms with Crippen LogP contribution in [0.4, 0.5) is 0 Å². The van der Waals surface area contributed by atoms with E-state index in [0.29, 0.717) is 30.1 Å². The first-order chi connectivity index (χ1) is 15.6. The second-order valence-electron chi connectivity index (χ2n) is 8.34. The molecule has 0 spiro atoms. The predicted molar refractivity (Wildman–Crippen MR) is 122 cm³/mol. The van der Waals surface area contributed by atoms with Crippen molar-refractivity contribution in [3.8, 4) is 0 Å². The number of hydrogen-bond acceptors (Lipinski definition) is 3. The number of rotatable bonds is 7. The summed E-state index contributed by atoms with van der Waals surface area (Å²) in [5, 5.41) is 0.628.